The summed E-state index contributed by atoms with van der Waals surface area (Å²) >= 11 is 1.34. The fourth-order valence-corrected chi connectivity index (χ4v) is 4.11. The van der Waals surface area contributed by atoms with Crippen LogP contribution >= 0.6 is 11.3 Å². The molecular formula is C21H27N5O4S. The molecule has 0 fully saturated rings. The molecule has 0 saturated heterocycles. The van der Waals surface area contributed by atoms with Crippen LogP contribution in [0.25, 0.3) is 10.8 Å². The van der Waals surface area contributed by atoms with Crippen LogP contribution in [0.3, 0.4) is 0 Å². The van der Waals surface area contributed by atoms with Crippen molar-refractivity contribution in [2.45, 2.75) is 53.0 Å². The van der Waals surface area contributed by atoms with E-state index in [-0.39, 0.29) is 23.7 Å². The van der Waals surface area contributed by atoms with Gasteiger partial charge in [0.25, 0.3) is 11.5 Å². The van der Waals surface area contributed by atoms with E-state index in [1.165, 1.54) is 20.8 Å². The van der Waals surface area contributed by atoms with Crippen LogP contribution < -0.4 is 21.9 Å². The van der Waals surface area contributed by atoms with Crippen molar-refractivity contribution < 1.29 is 9.21 Å². The molecule has 0 aliphatic heterocycles. The van der Waals surface area contributed by atoms with Gasteiger partial charge in [-0.1, -0.05) is 26.7 Å². The summed E-state index contributed by atoms with van der Waals surface area (Å²) in [4.78, 5) is 47.3. The summed E-state index contributed by atoms with van der Waals surface area (Å²) in [6.07, 6.45) is 4.58. The van der Waals surface area contributed by atoms with Crippen molar-refractivity contribution in [1.82, 2.24) is 14.5 Å². The van der Waals surface area contributed by atoms with Gasteiger partial charge in [0.1, 0.15) is 11.5 Å². The third-order valence-electron chi connectivity index (χ3n) is 4.93. The largest absolute Gasteiger partial charge is 0.462 e. The molecule has 1 amide bonds. The summed E-state index contributed by atoms with van der Waals surface area (Å²) in [7, 11) is 0. The molecule has 31 heavy (non-hydrogen) atoms. The second-order valence-corrected chi connectivity index (χ2v) is 8.41. The molecule has 3 aromatic rings. The first-order valence-corrected chi connectivity index (χ1v) is 11.2. The SMILES string of the molecule is CCCCN(C(=O)c1nc(-c2ccco2)sc1C)c1c(N)n(CCCC)c(=O)[nH]c1=O. The number of hydrogen-bond acceptors (Lipinski definition) is 7. The molecule has 0 radical (unpaired) electrons. The maximum atomic E-state index is 13.5. The minimum Gasteiger partial charge on any atom is -0.462 e. The van der Waals surface area contributed by atoms with Gasteiger partial charge in [-0.05, 0) is 31.9 Å². The predicted molar refractivity (Wildman–Crippen MR) is 122 cm³/mol. The number of nitrogen functional groups attached to an aromatic ring is 1. The zero-order valence-electron chi connectivity index (χ0n) is 17.9. The number of nitrogens with two attached hydrogens (primary N) is 1. The fraction of sp³-hybridized carbons (Fsp3) is 0.429. The number of anilines is 2. The Morgan fingerprint density at radius 3 is 2.68 bits per heavy atom. The number of hydrogen-bond donors (Lipinski definition) is 2. The monoisotopic (exact) mass is 445 g/mol. The number of rotatable bonds is 9. The number of nitrogens with one attached hydrogen (secondary N) is 1. The molecule has 9 nitrogen and oxygen atoms in total. The fourth-order valence-electron chi connectivity index (χ4n) is 3.24. The number of nitrogens with zero attached hydrogens (tertiary/aromatic N) is 3. The number of aromatic amines is 1. The maximum Gasteiger partial charge on any atom is 0.330 e. The molecule has 3 rings (SSSR count). The Labute approximate surface area is 183 Å². The summed E-state index contributed by atoms with van der Waals surface area (Å²) in [6, 6.07) is 3.52. The first kappa shape index (κ1) is 22.5. The van der Waals surface area contributed by atoms with Crippen molar-refractivity contribution in [3.8, 4) is 10.8 Å². The highest BCUT2D eigenvalue weighted by Crippen LogP contribution is 2.30. The summed E-state index contributed by atoms with van der Waals surface area (Å²) in [5.41, 5.74) is 5.21. The van der Waals surface area contributed by atoms with Gasteiger partial charge in [-0.2, -0.15) is 0 Å². The highest BCUT2D eigenvalue weighted by molar-refractivity contribution is 7.15. The second kappa shape index (κ2) is 9.78. The molecule has 0 aliphatic rings. The molecule has 3 aromatic heterocycles. The molecule has 0 atom stereocenters. The van der Waals surface area contributed by atoms with Crippen LogP contribution in [0.2, 0.25) is 0 Å². The van der Waals surface area contributed by atoms with Crippen LogP contribution in [-0.2, 0) is 6.54 Å². The summed E-state index contributed by atoms with van der Waals surface area (Å²) in [5.74, 6) is 0.126. The van der Waals surface area contributed by atoms with E-state index in [4.69, 9.17) is 10.2 Å². The normalized spacial score (nSPS) is 11.1. The van der Waals surface area contributed by atoms with E-state index in [1.807, 2.05) is 13.8 Å². The number of carbonyl (C=O) groups excluding carboxylic acids is 1. The number of H-pyrrole nitrogens is 1. The van der Waals surface area contributed by atoms with Crippen LogP contribution in [0.5, 0.6) is 0 Å². The van der Waals surface area contributed by atoms with E-state index in [1.54, 1.807) is 25.3 Å². The molecule has 166 valence electrons. The van der Waals surface area contributed by atoms with Crippen LogP contribution in [0.4, 0.5) is 11.5 Å². The molecular weight excluding hydrogens is 418 g/mol. The zero-order chi connectivity index (χ0) is 22.5. The Hall–Kier alpha value is -3.14. The minimum absolute atomic E-state index is 0.00852. The number of carbonyl (C=O) groups is 1. The van der Waals surface area contributed by atoms with Crippen molar-refractivity contribution in [3.63, 3.8) is 0 Å². The molecule has 10 heteroatoms. The lowest BCUT2D eigenvalue weighted by molar-refractivity contribution is 0.0981. The van der Waals surface area contributed by atoms with Gasteiger partial charge in [0, 0.05) is 18.0 Å². The van der Waals surface area contributed by atoms with Crippen molar-refractivity contribution in [3.05, 3.63) is 49.8 Å². The minimum atomic E-state index is -0.682. The van der Waals surface area contributed by atoms with Gasteiger partial charge in [-0.15, -0.1) is 11.3 Å². The Balaban J connectivity index is 2.08. The lowest BCUT2D eigenvalue weighted by Crippen LogP contribution is -2.42. The van der Waals surface area contributed by atoms with Gasteiger partial charge >= 0.3 is 5.69 Å². The van der Waals surface area contributed by atoms with E-state index in [2.05, 4.69) is 9.97 Å². The van der Waals surface area contributed by atoms with Gasteiger partial charge in [0.05, 0.1) is 6.26 Å². The van der Waals surface area contributed by atoms with Gasteiger partial charge in [-0.3, -0.25) is 24.0 Å². The van der Waals surface area contributed by atoms with Crippen molar-refractivity contribution in [1.29, 1.82) is 0 Å². The van der Waals surface area contributed by atoms with E-state index >= 15 is 0 Å². The van der Waals surface area contributed by atoms with Crippen LogP contribution in [0, 0.1) is 6.92 Å². The average molecular weight is 446 g/mol. The first-order valence-electron chi connectivity index (χ1n) is 10.3. The van der Waals surface area contributed by atoms with Gasteiger partial charge in [0.2, 0.25) is 0 Å². The van der Waals surface area contributed by atoms with Crippen molar-refractivity contribution in [2.24, 2.45) is 0 Å². The van der Waals surface area contributed by atoms with E-state index in [9.17, 15) is 14.4 Å². The Morgan fingerprint density at radius 1 is 1.29 bits per heavy atom. The molecule has 0 aromatic carbocycles. The van der Waals surface area contributed by atoms with Crippen molar-refractivity contribution >= 4 is 28.7 Å². The van der Waals surface area contributed by atoms with E-state index in [0.29, 0.717) is 28.6 Å². The molecule has 3 heterocycles. The Bertz CT molecular complexity index is 1160. The third-order valence-corrected chi connectivity index (χ3v) is 5.92. The van der Waals surface area contributed by atoms with Crippen LogP contribution in [0.1, 0.15) is 54.9 Å². The highest BCUT2D eigenvalue weighted by atomic mass is 32.1. The van der Waals surface area contributed by atoms with Crippen molar-refractivity contribution in [2.75, 3.05) is 17.2 Å². The summed E-state index contributed by atoms with van der Waals surface area (Å²) in [5, 5.41) is 0.580. The number of amides is 1. The third kappa shape index (κ3) is 4.63. The highest BCUT2D eigenvalue weighted by Gasteiger charge is 2.28. The van der Waals surface area contributed by atoms with Crippen LogP contribution in [0.15, 0.2) is 32.4 Å². The average Bonchev–Trinajstić information content (AvgIpc) is 3.39. The standard InChI is InChI=1S/C21H27N5O4S/c1-4-6-10-25(16-17(22)26(11-7-5-2)21(29)24-18(16)27)20(28)15-13(3)31-19(23-15)14-9-8-12-30-14/h8-9,12H,4-7,10-11,22H2,1-3H3,(H,24,27,29). The number of unbranched alkanes of at least 4 members (excludes halogenated alkanes) is 2. The van der Waals surface area contributed by atoms with Crippen LogP contribution in [-0.4, -0.2) is 27.0 Å². The van der Waals surface area contributed by atoms with Gasteiger partial charge in [-0.25, -0.2) is 9.78 Å². The van der Waals surface area contributed by atoms with E-state index < -0.39 is 17.2 Å². The molecule has 0 spiro atoms. The maximum absolute atomic E-state index is 13.5. The molecule has 0 bridgehead atoms. The lowest BCUT2D eigenvalue weighted by atomic mass is 10.2. The molecule has 0 saturated carbocycles. The number of thiazole rings is 1. The zero-order valence-corrected chi connectivity index (χ0v) is 18.8. The predicted octanol–water partition coefficient (Wildman–Crippen LogP) is 3.39. The van der Waals surface area contributed by atoms with Gasteiger partial charge < -0.3 is 10.2 Å². The summed E-state index contributed by atoms with van der Waals surface area (Å²) < 4.78 is 6.71. The van der Waals surface area contributed by atoms with Gasteiger partial charge in [0.15, 0.2) is 16.5 Å². The number of aryl methyl sites for hydroxylation is 1. The first-order chi connectivity index (χ1) is 14.9. The lowest BCUT2D eigenvalue weighted by Gasteiger charge is -2.24. The smallest absolute Gasteiger partial charge is 0.330 e. The topological polar surface area (TPSA) is 127 Å². The Morgan fingerprint density at radius 2 is 2.03 bits per heavy atom. The molecule has 3 N–H and O–H groups in total. The number of aromatic nitrogens is 3. The molecule has 0 unspecified atom stereocenters. The summed E-state index contributed by atoms with van der Waals surface area (Å²) in [6.45, 7) is 6.42. The van der Waals surface area contributed by atoms with E-state index in [0.717, 1.165) is 19.3 Å². The number of furan rings is 1. The molecule has 0 aliphatic carbocycles. The Kier molecular flexibility index (Phi) is 7.11. The second-order valence-electron chi connectivity index (χ2n) is 7.21. The quantitative estimate of drug-likeness (QED) is 0.520.